The highest BCUT2D eigenvalue weighted by Gasteiger charge is 2.59. The highest BCUT2D eigenvalue weighted by atomic mass is 16.3. The fraction of sp³-hybridized carbons (Fsp3) is 0.708. The molecular weight excluding hydrogens is 332 g/mol. The molecule has 1 heterocycles. The van der Waals surface area contributed by atoms with Crippen LogP contribution in [0, 0.1) is 34.5 Å². The van der Waals surface area contributed by atoms with E-state index in [1.165, 1.54) is 24.8 Å². The molecule has 4 aliphatic rings. The second-order valence-corrected chi connectivity index (χ2v) is 10.4. The zero-order valence-electron chi connectivity index (χ0n) is 17.3. The molecule has 2 unspecified atom stereocenters. The molecule has 0 radical (unpaired) electrons. The van der Waals surface area contributed by atoms with E-state index >= 15 is 0 Å². The van der Waals surface area contributed by atoms with Gasteiger partial charge in [-0.1, -0.05) is 38.0 Å². The third kappa shape index (κ3) is 2.33. The van der Waals surface area contributed by atoms with Gasteiger partial charge >= 0.3 is 0 Å². The molecule has 146 valence electrons. The van der Waals surface area contributed by atoms with E-state index in [1.54, 1.807) is 11.1 Å². The first kappa shape index (κ1) is 17.7. The molecule has 27 heavy (non-hydrogen) atoms. The number of imidazole rings is 1. The lowest BCUT2D eigenvalue weighted by molar-refractivity contribution is -0.0429. The van der Waals surface area contributed by atoms with Crippen LogP contribution < -0.4 is 0 Å². The molecule has 3 nitrogen and oxygen atoms in total. The van der Waals surface area contributed by atoms with Gasteiger partial charge in [0.2, 0.25) is 0 Å². The minimum Gasteiger partial charge on any atom is -0.393 e. The van der Waals surface area contributed by atoms with Gasteiger partial charge in [0.1, 0.15) is 5.82 Å². The molecular formula is C24H34N2O. The first-order chi connectivity index (χ1) is 12.8. The number of nitrogens with one attached hydrogen (secondary N) is 1. The van der Waals surface area contributed by atoms with Crippen LogP contribution in [0.25, 0.3) is 5.57 Å². The summed E-state index contributed by atoms with van der Waals surface area (Å²) in [5, 5.41) is 10.3. The molecule has 0 aromatic carbocycles. The van der Waals surface area contributed by atoms with Gasteiger partial charge < -0.3 is 10.1 Å². The van der Waals surface area contributed by atoms with E-state index in [2.05, 4.69) is 43.7 Å². The summed E-state index contributed by atoms with van der Waals surface area (Å²) in [6, 6.07) is 0. The quantitative estimate of drug-likeness (QED) is 0.657. The summed E-state index contributed by atoms with van der Waals surface area (Å²) in [7, 11) is 0. The number of aromatic amines is 1. The smallest absolute Gasteiger partial charge is 0.133 e. The van der Waals surface area contributed by atoms with Crippen molar-refractivity contribution >= 4 is 5.57 Å². The molecule has 5 rings (SSSR count). The molecule has 1 aromatic heterocycles. The van der Waals surface area contributed by atoms with Crippen LogP contribution >= 0.6 is 0 Å². The Labute approximate surface area is 163 Å². The second-order valence-electron chi connectivity index (χ2n) is 10.4. The maximum absolute atomic E-state index is 10.3. The largest absolute Gasteiger partial charge is 0.393 e. The van der Waals surface area contributed by atoms with E-state index in [-0.39, 0.29) is 11.5 Å². The van der Waals surface area contributed by atoms with Gasteiger partial charge in [0.15, 0.2) is 0 Å². The standard InChI is InChI=1S/C24H34N2O/c1-14-11-16-13-17(27)5-7-23(16,3)18-6-8-24(4)19(20(14)18)12-15(2)21(24)22-25-9-10-26-22/h9-11,14,17-20,27H,5-8,12-13H2,1-4H3,(H,25,26)/t14?,17?,18-,19+,20-,23+,24+/m1/s1. The van der Waals surface area contributed by atoms with E-state index < -0.39 is 0 Å². The molecule has 7 atom stereocenters. The average molecular weight is 367 g/mol. The SMILES string of the molecule is CC1=C(c2ncc[nH]2)[C@@]2(C)CC[C@@H]3[C@@H](C(C)C=C4CC(O)CC[C@@]43C)[C@@H]2C1. The number of allylic oxidation sites excluding steroid dienone is 3. The third-order valence-corrected chi connectivity index (χ3v) is 9.06. The molecule has 0 aliphatic heterocycles. The van der Waals surface area contributed by atoms with Crippen molar-refractivity contribution in [2.24, 2.45) is 34.5 Å². The Morgan fingerprint density at radius 3 is 2.63 bits per heavy atom. The zero-order chi connectivity index (χ0) is 19.0. The van der Waals surface area contributed by atoms with Crippen LogP contribution in [0.1, 0.15) is 72.0 Å². The van der Waals surface area contributed by atoms with Crippen molar-refractivity contribution in [3.8, 4) is 0 Å². The average Bonchev–Trinajstić information content (AvgIpc) is 3.21. The minimum atomic E-state index is -0.122. The number of rotatable bonds is 1. The Morgan fingerprint density at radius 1 is 1.11 bits per heavy atom. The fourth-order valence-corrected chi connectivity index (χ4v) is 7.81. The molecule has 2 N–H and O–H groups in total. The van der Waals surface area contributed by atoms with Gasteiger partial charge in [0, 0.05) is 12.4 Å². The van der Waals surface area contributed by atoms with Gasteiger partial charge in [-0.25, -0.2) is 4.98 Å². The van der Waals surface area contributed by atoms with Crippen LogP contribution in [0.2, 0.25) is 0 Å². The molecule has 0 spiro atoms. The molecule has 2 saturated carbocycles. The van der Waals surface area contributed by atoms with Gasteiger partial charge in [-0.15, -0.1) is 0 Å². The molecule has 0 saturated heterocycles. The Balaban J connectivity index is 1.55. The Morgan fingerprint density at radius 2 is 1.89 bits per heavy atom. The Hall–Kier alpha value is -1.35. The lowest BCUT2D eigenvalue weighted by Gasteiger charge is -2.59. The first-order valence-corrected chi connectivity index (χ1v) is 10.9. The Bertz CT molecular complexity index is 806. The highest BCUT2D eigenvalue weighted by Crippen LogP contribution is 2.68. The van der Waals surface area contributed by atoms with E-state index in [0.29, 0.717) is 17.3 Å². The number of nitrogens with zero attached hydrogens (tertiary/aromatic N) is 1. The summed E-state index contributed by atoms with van der Waals surface area (Å²) in [4.78, 5) is 8.04. The van der Waals surface area contributed by atoms with E-state index in [9.17, 15) is 5.11 Å². The maximum atomic E-state index is 10.3. The summed E-state index contributed by atoms with van der Waals surface area (Å²) in [5.74, 6) is 3.93. The molecule has 4 aliphatic carbocycles. The molecule has 1 aromatic rings. The van der Waals surface area contributed by atoms with E-state index in [1.807, 2.05) is 12.4 Å². The maximum Gasteiger partial charge on any atom is 0.133 e. The number of hydrogen-bond acceptors (Lipinski definition) is 2. The predicted octanol–water partition coefficient (Wildman–Crippen LogP) is 5.36. The van der Waals surface area contributed by atoms with Crippen LogP contribution in [0.4, 0.5) is 0 Å². The zero-order valence-corrected chi connectivity index (χ0v) is 17.3. The first-order valence-electron chi connectivity index (χ1n) is 10.9. The van der Waals surface area contributed by atoms with Gasteiger partial charge in [0.05, 0.1) is 6.10 Å². The summed E-state index contributed by atoms with van der Waals surface area (Å²) in [5.41, 5.74) is 5.16. The number of aliphatic hydroxyl groups is 1. The van der Waals surface area contributed by atoms with Crippen molar-refractivity contribution in [3.63, 3.8) is 0 Å². The molecule has 0 bridgehead atoms. The lowest BCUT2D eigenvalue weighted by Crippen LogP contribution is -2.52. The van der Waals surface area contributed by atoms with Crippen LogP contribution in [0.3, 0.4) is 0 Å². The number of aliphatic hydroxyl groups excluding tert-OH is 1. The number of H-pyrrole nitrogens is 1. The van der Waals surface area contributed by atoms with Gasteiger partial charge in [-0.2, -0.15) is 0 Å². The van der Waals surface area contributed by atoms with Crippen LogP contribution in [-0.2, 0) is 0 Å². The Kier molecular flexibility index (Phi) is 3.82. The van der Waals surface area contributed by atoms with Crippen molar-refractivity contribution in [1.82, 2.24) is 9.97 Å². The summed E-state index contributed by atoms with van der Waals surface area (Å²) >= 11 is 0. The minimum absolute atomic E-state index is 0.122. The fourth-order valence-electron chi connectivity index (χ4n) is 7.81. The summed E-state index contributed by atoms with van der Waals surface area (Å²) < 4.78 is 0. The summed E-state index contributed by atoms with van der Waals surface area (Å²) in [6.07, 6.45) is 13.1. The molecule has 2 fully saturated rings. The second kappa shape index (κ2) is 5.83. The normalized spacial score (nSPS) is 46.6. The highest BCUT2D eigenvalue weighted by molar-refractivity contribution is 5.71. The van der Waals surface area contributed by atoms with Gasteiger partial charge in [-0.3, -0.25) is 0 Å². The molecule has 0 amide bonds. The molecule has 3 heteroatoms. The van der Waals surface area contributed by atoms with Crippen LogP contribution in [0.15, 0.2) is 29.6 Å². The van der Waals surface area contributed by atoms with Crippen molar-refractivity contribution in [3.05, 3.63) is 35.4 Å². The van der Waals surface area contributed by atoms with E-state index in [4.69, 9.17) is 0 Å². The van der Waals surface area contributed by atoms with Crippen molar-refractivity contribution in [2.75, 3.05) is 0 Å². The number of hydrogen-bond donors (Lipinski definition) is 2. The van der Waals surface area contributed by atoms with E-state index in [0.717, 1.165) is 36.9 Å². The van der Waals surface area contributed by atoms with Crippen LogP contribution in [0.5, 0.6) is 0 Å². The van der Waals surface area contributed by atoms with Crippen molar-refractivity contribution < 1.29 is 5.11 Å². The van der Waals surface area contributed by atoms with Crippen molar-refractivity contribution in [1.29, 1.82) is 0 Å². The number of fused-ring (bicyclic) bond motifs is 5. The monoisotopic (exact) mass is 366 g/mol. The lowest BCUT2D eigenvalue weighted by atomic mass is 9.45. The number of aromatic nitrogens is 2. The summed E-state index contributed by atoms with van der Waals surface area (Å²) in [6.45, 7) is 9.81. The van der Waals surface area contributed by atoms with Crippen LogP contribution in [-0.4, -0.2) is 21.2 Å². The van der Waals surface area contributed by atoms with Gasteiger partial charge in [0.25, 0.3) is 0 Å². The predicted molar refractivity (Wildman–Crippen MR) is 109 cm³/mol. The third-order valence-electron chi connectivity index (χ3n) is 9.06. The van der Waals surface area contributed by atoms with Gasteiger partial charge in [-0.05, 0) is 85.5 Å². The topological polar surface area (TPSA) is 48.9 Å². The van der Waals surface area contributed by atoms with Crippen molar-refractivity contribution in [2.45, 2.75) is 72.3 Å².